The summed E-state index contributed by atoms with van der Waals surface area (Å²) in [5, 5.41) is 5.89. The summed E-state index contributed by atoms with van der Waals surface area (Å²) in [4.78, 5) is 17.2. The van der Waals surface area contributed by atoms with Crippen LogP contribution in [0.3, 0.4) is 0 Å². The van der Waals surface area contributed by atoms with Crippen molar-refractivity contribution >= 4 is 17.3 Å². The fourth-order valence-corrected chi connectivity index (χ4v) is 3.30. The van der Waals surface area contributed by atoms with Crippen LogP contribution in [0.5, 0.6) is 0 Å². The van der Waals surface area contributed by atoms with Gasteiger partial charge in [0.2, 0.25) is 0 Å². The quantitative estimate of drug-likeness (QED) is 0.409. The Morgan fingerprint density at radius 1 is 1.18 bits per heavy atom. The van der Waals surface area contributed by atoms with E-state index in [0.29, 0.717) is 29.5 Å². The number of nitrogens with zero attached hydrogens (tertiary/aromatic N) is 2. The Morgan fingerprint density at radius 2 is 2.04 bits per heavy atom. The van der Waals surface area contributed by atoms with Crippen molar-refractivity contribution in [1.29, 1.82) is 0 Å². The molecule has 0 aliphatic rings. The lowest BCUT2D eigenvalue weighted by Crippen LogP contribution is -2.06. The molecule has 0 radical (unpaired) electrons. The zero-order chi connectivity index (χ0) is 19.3. The summed E-state index contributed by atoms with van der Waals surface area (Å²) in [5.74, 6) is 1.53. The second kappa shape index (κ2) is 8.22. The minimum atomic E-state index is -0.337. The van der Waals surface area contributed by atoms with Gasteiger partial charge in [0.1, 0.15) is 12.3 Å². The van der Waals surface area contributed by atoms with Crippen LogP contribution in [0.4, 0.5) is 0 Å². The fourth-order valence-electron chi connectivity index (χ4n) is 2.63. The number of hydrogen-bond donors (Lipinski definition) is 0. The summed E-state index contributed by atoms with van der Waals surface area (Å²) < 4.78 is 16.2. The summed E-state index contributed by atoms with van der Waals surface area (Å²) in [6.45, 7) is 2.11. The number of aryl methyl sites for hydroxylation is 2. The molecule has 3 heterocycles. The lowest BCUT2D eigenvalue weighted by molar-refractivity contribution is -0.145. The molecule has 142 valence electrons. The molecule has 4 aromatic rings. The molecule has 0 atom stereocenters. The van der Waals surface area contributed by atoms with Crippen molar-refractivity contribution in [2.45, 2.75) is 26.4 Å². The van der Waals surface area contributed by atoms with E-state index in [9.17, 15) is 4.79 Å². The standard InChI is InChI=1S/C21H18N2O4S/c1-14-4-6-15(7-5-14)18-12-22-20(26-18)8-9-21(24)25-13-16-11-17(27-23-16)19-3-2-10-28-19/h2-7,10-12H,8-9,13H2,1H3. The van der Waals surface area contributed by atoms with Crippen LogP contribution in [0.1, 0.15) is 23.6 Å². The maximum atomic E-state index is 12.0. The van der Waals surface area contributed by atoms with Gasteiger partial charge in [0.15, 0.2) is 17.4 Å². The van der Waals surface area contributed by atoms with E-state index in [0.717, 1.165) is 10.4 Å². The monoisotopic (exact) mass is 394 g/mol. The molecular formula is C21H18N2O4S. The normalized spacial score (nSPS) is 10.9. The Labute approximate surface area is 165 Å². The molecule has 1 aromatic carbocycles. The molecule has 0 spiro atoms. The Bertz CT molecular complexity index is 1050. The minimum Gasteiger partial charge on any atom is -0.459 e. The molecule has 0 saturated carbocycles. The number of benzene rings is 1. The molecule has 0 aliphatic carbocycles. The third kappa shape index (κ3) is 4.37. The second-order valence-corrected chi connectivity index (χ2v) is 7.25. The molecule has 28 heavy (non-hydrogen) atoms. The summed E-state index contributed by atoms with van der Waals surface area (Å²) in [7, 11) is 0. The molecule has 6 nitrogen and oxygen atoms in total. The number of thiophene rings is 1. The van der Waals surface area contributed by atoms with Crippen LogP contribution in [0.2, 0.25) is 0 Å². The van der Waals surface area contributed by atoms with Gasteiger partial charge in [0, 0.05) is 18.1 Å². The van der Waals surface area contributed by atoms with Gasteiger partial charge in [-0.2, -0.15) is 0 Å². The van der Waals surface area contributed by atoms with Crippen LogP contribution in [0.25, 0.3) is 22.0 Å². The highest BCUT2D eigenvalue weighted by Gasteiger charge is 2.12. The number of hydrogen-bond acceptors (Lipinski definition) is 7. The molecule has 0 bridgehead atoms. The number of esters is 1. The van der Waals surface area contributed by atoms with Crippen molar-refractivity contribution < 1.29 is 18.5 Å². The Kier molecular flexibility index (Phi) is 5.34. The molecule has 0 fully saturated rings. The summed E-state index contributed by atoms with van der Waals surface area (Å²) >= 11 is 1.56. The van der Waals surface area contributed by atoms with Gasteiger partial charge in [0.05, 0.1) is 17.5 Å². The first-order valence-electron chi connectivity index (χ1n) is 8.84. The van der Waals surface area contributed by atoms with Gasteiger partial charge in [-0.05, 0) is 18.4 Å². The third-order valence-electron chi connectivity index (χ3n) is 4.14. The first-order chi connectivity index (χ1) is 13.7. The van der Waals surface area contributed by atoms with E-state index >= 15 is 0 Å². The lowest BCUT2D eigenvalue weighted by Gasteiger charge is -2.01. The van der Waals surface area contributed by atoms with Crippen molar-refractivity contribution in [2.24, 2.45) is 0 Å². The summed E-state index contributed by atoms with van der Waals surface area (Å²) in [6.07, 6.45) is 2.24. The lowest BCUT2D eigenvalue weighted by atomic mass is 10.1. The number of carbonyl (C=O) groups excluding carboxylic acids is 1. The molecule has 0 amide bonds. The first kappa shape index (κ1) is 18.2. The molecular weight excluding hydrogens is 376 g/mol. The molecule has 4 rings (SSSR count). The predicted octanol–water partition coefficient (Wildman–Crippen LogP) is 5.04. The molecule has 3 aromatic heterocycles. The van der Waals surface area contributed by atoms with Gasteiger partial charge < -0.3 is 13.7 Å². The van der Waals surface area contributed by atoms with Crippen molar-refractivity contribution in [3.63, 3.8) is 0 Å². The Morgan fingerprint density at radius 3 is 2.82 bits per heavy atom. The topological polar surface area (TPSA) is 78.4 Å². The van der Waals surface area contributed by atoms with Crippen LogP contribution in [-0.2, 0) is 22.6 Å². The highest BCUT2D eigenvalue weighted by atomic mass is 32.1. The predicted molar refractivity (Wildman–Crippen MR) is 105 cm³/mol. The van der Waals surface area contributed by atoms with Crippen LogP contribution in [-0.4, -0.2) is 16.1 Å². The Hall–Kier alpha value is -3.19. The van der Waals surface area contributed by atoms with Crippen LogP contribution >= 0.6 is 11.3 Å². The highest BCUT2D eigenvalue weighted by Crippen LogP contribution is 2.25. The highest BCUT2D eigenvalue weighted by molar-refractivity contribution is 7.13. The Balaban J connectivity index is 1.26. The van der Waals surface area contributed by atoms with E-state index in [4.69, 9.17) is 13.7 Å². The van der Waals surface area contributed by atoms with Crippen molar-refractivity contribution in [2.75, 3.05) is 0 Å². The van der Waals surface area contributed by atoms with Crippen LogP contribution in [0.15, 0.2) is 63.0 Å². The minimum absolute atomic E-state index is 0.0773. The van der Waals surface area contributed by atoms with E-state index in [2.05, 4.69) is 10.1 Å². The fraction of sp³-hybridized carbons (Fsp3) is 0.190. The zero-order valence-corrected chi connectivity index (χ0v) is 16.1. The second-order valence-electron chi connectivity index (χ2n) is 6.30. The van der Waals surface area contributed by atoms with Crippen LogP contribution in [0, 0.1) is 6.92 Å². The van der Waals surface area contributed by atoms with Gasteiger partial charge in [0.25, 0.3) is 0 Å². The molecule has 7 heteroatoms. The molecule has 0 aliphatic heterocycles. The SMILES string of the molecule is Cc1ccc(-c2cnc(CCC(=O)OCc3cc(-c4cccs4)on3)o2)cc1. The average Bonchev–Trinajstić information content (AvgIpc) is 3.46. The van der Waals surface area contributed by atoms with E-state index in [1.54, 1.807) is 23.6 Å². The van der Waals surface area contributed by atoms with Gasteiger partial charge in [-0.3, -0.25) is 4.79 Å². The van der Waals surface area contributed by atoms with Gasteiger partial charge in [-0.25, -0.2) is 4.98 Å². The maximum Gasteiger partial charge on any atom is 0.306 e. The van der Waals surface area contributed by atoms with Crippen LogP contribution < -0.4 is 0 Å². The zero-order valence-electron chi connectivity index (χ0n) is 15.3. The number of carbonyl (C=O) groups is 1. The molecule has 0 unspecified atom stereocenters. The van der Waals surface area contributed by atoms with E-state index in [1.165, 1.54) is 5.56 Å². The number of aromatic nitrogens is 2. The summed E-state index contributed by atoms with van der Waals surface area (Å²) in [5.41, 5.74) is 2.72. The van der Waals surface area contributed by atoms with Crippen molar-refractivity contribution in [3.8, 4) is 22.0 Å². The molecule has 0 saturated heterocycles. The van der Waals surface area contributed by atoms with E-state index < -0.39 is 0 Å². The number of oxazole rings is 1. The molecule has 0 N–H and O–H groups in total. The van der Waals surface area contributed by atoms with Crippen molar-refractivity contribution in [1.82, 2.24) is 10.1 Å². The van der Waals surface area contributed by atoms with Gasteiger partial charge >= 0.3 is 5.97 Å². The maximum absolute atomic E-state index is 12.0. The van der Waals surface area contributed by atoms with Gasteiger partial charge in [-0.15, -0.1) is 11.3 Å². The third-order valence-corrected chi connectivity index (χ3v) is 5.02. The van der Waals surface area contributed by atoms with E-state index in [-0.39, 0.29) is 19.0 Å². The smallest absolute Gasteiger partial charge is 0.306 e. The average molecular weight is 394 g/mol. The van der Waals surface area contributed by atoms with Gasteiger partial charge in [-0.1, -0.05) is 41.1 Å². The summed E-state index contributed by atoms with van der Waals surface area (Å²) in [6, 6.07) is 13.7. The van der Waals surface area contributed by atoms with Crippen molar-refractivity contribution in [3.05, 3.63) is 71.2 Å². The largest absolute Gasteiger partial charge is 0.459 e. The van der Waals surface area contributed by atoms with E-state index in [1.807, 2.05) is 48.7 Å². The number of ether oxygens (including phenoxy) is 1. The first-order valence-corrected chi connectivity index (χ1v) is 9.72. The number of rotatable bonds is 7.